The third kappa shape index (κ3) is 12.3. The van der Waals surface area contributed by atoms with Crippen molar-refractivity contribution in [1.82, 2.24) is 16.0 Å². The molecule has 1 aromatic rings. The van der Waals surface area contributed by atoms with Crippen LogP contribution in [0.25, 0.3) is 0 Å². The number of benzene rings is 1. The number of amides is 4. The van der Waals surface area contributed by atoms with Crippen molar-refractivity contribution in [2.24, 2.45) is 17.2 Å². The SMILES string of the molecule is NCCCCC(NC(=O)C(N)CC(N)=O)C(=O)NC(CCC(=O)O)C(=O)NC(Cc1ccccc1)C(=O)O. The van der Waals surface area contributed by atoms with E-state index in [1.165, 1.54) is 0 Å². The van der Waals surface area contributed by atoms with Gasteiger partial charge in [0.05, 0.1) is 12.5 Å². The molecule has 14 nitrogen and oxygen atoms in total. The Balaban J connectivity index is 3.04. The number of aliphatic carboxylic acids is 2. The Labute approximate surface area is 219 Å². The lowest BCUT2D eigenvalue weighted by Gasteiger charge is -2.25. The summed E-state index contributed by atoms with van der Waals surface area (Å²) in [7, 11) is 0. The van der Waals surface area contributed by atoms with E-state index in [1.54, 1.807) is 30.3 Å². The van der Waals surface area contributed by atoms with Gasteiger partial charge in [0.25, 0.3) is 0 Å². The quantitative estimate of drug-likeness (QED) is 0.0953. The van der Waals surface area contributed by atoms with Gasteiger partial charge in [0.15, 0.2) is 0 Å². The number of rotatable bonds is 18. The number of hydrogen-bond donors (Lipinski definition) is 8. The van der Waals surface area contributed by atoms with Crippen molar-refractivity contribution in [3.8, 4) is 0 Å². The summed E-state index contributed by atoms with van der Waals surface area (Å²) in [5, 5.41) is 25.8. The standard InChI is InChI=1S/C24H36N6O8/c25-11-5-4-8-16(28-21(34)15(26)13-19(27)31)22(35)29-17(9-10-20(32)33)23(36)30-18(24(37)38)12-14-6-2-1-3-7-14/h1-3,6-7,15-18H,4-5,8-13,25-26H2,(H2,27,31)(H,28,34)(H,29,35)(H,30,36)(H,32,33)(H,37,38). The summed E-state index contributed by atoms with van der Waals surface area (Å²) in [6.07, 6.45) is -0.282. The van der Waals surface area contributed by atoms with Gasteiger partial charge in [0, 0.05) is 12.8 Å². The van der Waals surface area contributed by atoms with E-state index in [2.05, 4.69) is 16.0 Å². The van der Waals surface area contributed by atoms with Gasteiger partial charge in [-0.25, -0.2) is 4.79 Å². The molecule has 4 atom stereocenters. The summed E-state index contributed by atoms with van der Waals surface area (Å²) in [4.78, 5) is 72.4. The first kappa shape index (κ1) is 32.0. The monoisotopic (exact) mass is 536 g/mol. The molecule has 0 saturated heterocycles. The molecule has 0 saturated carbocycles. The largest absolute Gasteiger partial charge is 0.481 e. The number of carbonyl (C=O) groups is 6. The van der Waals surface area contributed by atoms with E-state index in [4.69, 9.17) is 22.3 Å². The number of unbranched alkanes of at least 4 members (excludes halogenated alkanes) is 1. The van der Waals surface area contributed by atoms with E-state index >= 15 is 0 Å². The molecule has 0 aliphatic carbocycles. The summed E-state index contributed by atoms with van der Waals surface area (Å²) < 4.78 is 0. The van der Waals surface area contributed by atoms with Crippen LogP contribution in [0, 0.1) is 0 Å². The Morgan fingerprint density at radius 2 is 1.34 bits per heavy atom. The van der Waals surface area contributed by atoms with E-state index in [-0.39, 0.29) is 19.3 Å². The molecule has 1 aromatic carbocycles. The molecule has 0 radical (unpaired) electrons. The van der Waals surface area contributed by atoms with Crippen LogP contribution in [0.1, 0.15) is 44.1 Å². The molecule has 4 unspecified atom stereocenters. The second-order valence-electron chi connectivity index (χ2n) is 8.71. The smallest absolute Gasteiger partial charge is 0.326 e. The summed E-state index contributed by atoms with van der Waals surface area (Å²) in [5.41, 5.74) is 16.8. The Kier molecular flexibility index (Phi) is 14.0. The summed E-state index contributed by atoms with van der Waals surface area (Å²) >= 11 is 0. The van der Waals surface area contributed by atoms with Gasteiger partial charge in [-0.05, 0) is 37.8 Å². The van der Waals surface area contributed by atoms with Crippen molar-refractivity contribution in [3.63, 3.8) is 0 Å². The van der Waals surface area contributed by atoms with Crippen molar-refractivity contribution in [3.05, 3.63) is 35.9 Å². The predicted molar refractivity (Wildman–Crippen MR) is 135 cm³/mol. The van der Waals surface area contributed by atoms with Crippen LogP contribution in [0.5, 0.6) is 0 Å². The molecule has 11 N–H and O–H groups in total. The molecular formula is C24H36N6O8. The zero-order chi connectivity index (χ0) is 28.7. The fraction of sp³-hybridized carbons (Fsp3) is 0.500. The lowest BCUT2D eigenvalue weighted by atomic mass is 10.0. The minimum atomic E-state index is -1.41. The van der Waals surface area contributed by atoms with Gasteiger partial charge in [-0.3, -0.25) is 24.0 Å². The van der Waals surface area contributed by atoms with E-state index in [0.29, 0.717) is 24.9 Å². The zero-order valence-electron chi connectivity index (χ0n) is 20.9. The van der Waals surface area contributed by atoms with E-state index in [0.717, 1.165) is 0 Å². The van der Waals surface area contributed by atoms with Gasteiger partial charge in [-0.15, -0.1) is 0 Å². The summed E-state index contributed by atoms with van der Waals surface area (Å²) in [6, 6.07) is 3.28. The first-order valence-corrected chi connectivity index (χ1v) is 12.1. The second kappa shape index (κ2) is 16.7. The minimum absolute atomic E-state index is 0.0446. The fourth-order valence-electron chi connectivity index (χ4n) is 3.48. The Hall–Kier alpha value is -4.04. The maximum absolute atomic E-state index is 13.1. The lowest BCUT2D eigenvalue weighted by molar-refractivity contribution is -0.143. The molecule has 210 valence electrons. The minimum Gasteiger partial charge on any atom is -0.481 e. The molecule has 1 rings (SSSR count). The maximum atomic E-state index is 13.1. The second-order valence-corrected chi connectivity index (χ2v) is 8.71. The van der Waals surface area contributed by atoms with Crippen molar-refractivity contribution in [2.75, 3.05) is 6.54 Å². The fourth-order valence-corrected chi connectivity index (χ4v) is 3.48. The van der Waals surface area contributed by atoms with E-state index < -0.39 is 72.6 Å². The van der Waals surface area contributed by atoms with Crippen LogP contribution in [0.15, 0.2) is 30.3 Å². The van der Waals surface area contributed by atoms with Gasteiger partial charge in [0.1, 0.15) is 18.1 Å². The van der Waals surface area contributed by atoms with E-state index in [1.807, 2.05) is 0 Å². The first-order chi connectivity index (χ1) is 17.9. The molecule has 0 bridgehead atoms. The molecule has 14 heteroatoms. The highest BCUT2D eigenvalue weighted by molar-refractivity contribution is 5.95. The van der Waals surface area contributed by atoms with Crippen LogP contribution >= 0.6 is 0 Å². The van der Waals surface area contributed by atoms with Crippen LogP contribution < -0.4 is 33.2 Å². The number of primary amides is 1. The third-order valence-corrected chi connectivity index (χ3v) is 5.51. The van der Waals surface area contributed by atoms with Crippen molar-refractivity contribution in [1.29, 1.82) is 0 Å². The lowest BCUT2D eigenvalue weighted by Crippen LogP contribution is -2.57. The molecule has 4 amide bonds. The molecule has 0 heterocycles. The molecule has 0 aromatic heterocycles. The highest BCUT2D eigenvalue weighted by Gasteiger charge is 2.30. The van der Waals surface area contributed by atoms with Gasteiger partial charge in [-0.1, -0.05) is 30.3 Å². The van der Waals surface area contributed by atoms with Crippen molar-refractivity contribution >= 4 is 35.6 Å². The molecular weight excluding hydrogens is 500 g/mol. The maximum Gasteiger partial charge on any atom is 0.326 e. The van der Waals surface area contributed by atoms with Crippen LogP contribution in [-0.2, 0) is 35.2 Å². The Morgan fingerprint density at radius 1 is 0.789 bits per heavy atom. The third-order valence-electron chi connectivity index (χ3n) is 5.51. The topological polar surface area (TPSA) is 257 Å². The van der Waals surface area contributed by atoms with Gasteiger partial charge in [-0.2, -0.15) is 0 Å². The molecule has 0 aliphatic heterocycles. The van der Waals surface area contributed by atoms with Crippen LogP contribution in [0.4, 0.5) is 0 Å². The molecule has 0 spiro atoms. The number of nitrogens with one attached hydrogen (secondary N) is 3. The number of carboxylic acids is 2. The number of carbonyl (C=O) groups excluding carboxylic acids is 4. The Bertz CT molecular complexity index is 974. The highest BCUT2D eigenvalue weighted by Crippen LogP contribution is 2.08. The predicted octanol–water partition coefficient (Wildman–Crippen LogP) is -2.04. The zero-order valence-corrected chi connectivity index (χ0v) is 20.9. The Morgan fingerprint density at radius 3 is 1.87 bits per heavy atom. The van der Waals surface area contributed by atoms with Crippen molar-refractivity contribution < 1.29 is 39.0 Å². The molecule has 0 aliphatic rings. The van der Waals surface area contributed by atoms with Gasteiger partial charge in [0.2, 0.25) is 23.6 Å². The first-order valence-electron chi connectivity index (χ1n) is 12.1. The normalized spacial score (nSPS) is 13.8. The summed E-state index contributed by atoms with van der Waals surface area (Å²) in [6.45, 7) is 0.325. The van der Waals surface area contributed by atoms with Crippen LogP contribution in [0.2, 0.25) is 0 Å². The number of hydrogen-bond acceptors (Lipinski definition) is 8. The average molecular weight is 537 g/mol. The molecule has 0 fully saturated rings. The molecule has 38 heavy (non-hydrogen) atoms. The van der Waals surface area contributed by atoms with Gasteiger partial charge >= 0.3 is 11.9 Å². The van der Waals surface area contributed by atoms with Gasteiger partial charge < -0.3 is 43.4 Å². The summed E-state index contributed by atoms with van der Waals surface area (Å²) in [5.74, 6) is -5.91. The van der Waals surface area contributed by atoms with Crippen LogP contribution in [0.3, 0.4) is 0 Å². The van der Waals surface area contributed by atoms with E-state index in [9.17, 15) is 33.9 Å². The van der Waals surface area contributed by atoms with Crippen molar-refractivity contribution in [2.45, 2.75) is 69.1 Å². The average Bonchev–Trinajstić information content (AvgIpc) is 2.85. The number of nitrogens with two attached hydrogens (primary N) is 3. The highest BCUT2D eigenvalue weighted by atomic mass is 16.4. The number of carboxylic acid groups (broad SMARTS) is 2. The van der Waals surface area contributed by atoms with Crippen LogP contribution in [-0.4, -0.2) is 76.5 Å².